The number of aromatic hydroxyl groups is 1. The molecule has 1 N–H and O–H groups in total. The number of hydrogen-bond acceptors (Lipinski definition) is 4. The van der Waals surface area contributed by atoms with Gasteiger partial charge in [0.05, 0.1) is 4.90 Å². The smallest absolute Gasteiger partial charge is 0.191 e. The zero-order valence-corrected chi connectivity index (χ0v) is 8.70. The normalized spacial score (nSPS) is 18.4. The molecule has 0 aromatic heterocycles. The minimum absolute atomic E-state index is 0.00657. The maximum atomic E-state index is 12.0. The van der Waals surface area contributed by atoms with E-state index >= 15 is 0 Å². The summed E-state index contributed by atoms with van der Waals surface area (Å²) in [5.41, 5.74) is 0. The van der Waals surface area contributed by atoms with Gasteiger partial charge in [-0.25, -0.2) is 8.42 Å². The molecular weight excluding hydrogens is 216 g/mol. The summed E-state index contributed by atoms with van der Waals surface area (Å²) in [5, 5.41) is 9.18. The van der Waals surface area contributed by atoms with Gasteiger partial charge < -0.3 is 9.90 Å². The Morgan fingerprint density at radius 2 is 2.00 bits per heavy atom. The number of phenolic OH excluding ortho intramolecular Hbond substituents is 1. The molecule has 0 spiro atoms. The van der Waals surface area contributed by atoms with Crippen molar-refractivity contribution in [2.75, 3.05) is 0 Å². The topological polar surface area (TPSA) is 71.4 Å². The van der Waals surface area contributed by atoms with Crippen molar-refractivity contribution in [3.8, 4) is 5.75 Å². The van der Waals surface area contributed by atoms with Crippen molar-refractivity contribution in [1.29, 1.82) is 0 Å². The molecule has 1 fully saturated rings. The minimum atomic E-state index is -3.63. The molecule has 0 heterocycles. The summed E-state index contributed by atoms with van der Waals surface area (Å²) < 4.78 is 22.7. The van der Waals surface area contributed by atoms with Gasteiger partial charge in [0.15, 0.2) is 9.84 Å². The first-order valence-corrected chi connectivity index (χ1v) is 6.00. The van der Waals surface area contributed by atoms with Crippen LogP contribution < -0.4 is 0 Å². The van der Waals surface area contributed by atoms with E-state index in [0.29, 0.717) is 19.1 Å². The molecule has 0 unspecified atom stereocenters. The summed E-state index contributed by atoms with van der Waals surface area (Å²) in [6.07, 6.45) is 1.23. The predicted molar refractivity (Wildman–Crippen MR) is 53.3 cm³/mol. The number of sulfone groups is 1. The summed E-state index contributed by atoms with van der Waals surface area (Å²) in [7, 11) is -3.63. The minimum Gasteiger partial charge on any atom is -0.508 e. The molecule has 0 radical (unpaired) electrons. The van der Waals surface area contributed by atoms with Crippen LogP contribution in [0.15, 0.2) is 29.2 Å². The average molecular weight is 226 g/mol. The third-order valence-electron chi connectivity index (χ3n) is 2.62. The summed E-state index contributed by atoms with van der Waals surface area (Å²) >= 11 is 0. The van der Waals surface area contributed by atoms with Gasteiger partial charge in [-0.15, -0.1) is 0 Å². The van der Waals surface area contributed by atoms with Crippen LogP contribution in [0.3, 0.4) is 0 Å². The average Bonchev–Trinajstić information content (AvgIpc) is 2.98. The van der Waals surface area contributed by atoms with Gasteiger partial charge in [-0.3, -0.25) is 0 Å². The molecule has 1 aliphatic carbocycles. The number of rotatable bonds is 3. The van der Waals surface area contributed by atoms with Crippen LogP contribution in [0.25, 0.3) is 0 Å². The molecule has 0 saturated heterocycles. The number of hydrogen-bond donors (Lipinski definition) is 1. The highest BCUT2D eigenvalue weighted by Crippen LogP contribution is 2.45. The quantitative estimate of drug-likeness (QED) is 0.777. The summed E-state index contributed by atoms with van der Waals surface area (Å²) in [6.45, 7) is 0. The lowest BCUT2D eigenvalue weighted by Gasteiger charge is -2.09. The van der Waals surface area contributed by atoms with Gasteiger partial charge in [-0.2, -0.15) is 0 Å². The first kappa shape index (κ1) is 10.2. The van der Waals surface area contributed by atoms with Gasteiger partial charge >= 0.3 is 0 Å². The summed E-state index contributed by atoms with van der Waals surface area (Å²) in [6, 6.07) is 5.39. The second kappa shape index (κ2) is 3.06. The Balaban J connectivity index is 2.52. The lowest BCUT2D eigenvalue weighted by molar-refractivity contribution is -0.108. The van der Waals surface area contributed by atoms with Crippen molar-refractivity contribution in [3.63, 3.8) is 0 Å². The number of phenols is 1. The maximum Gasteiger partial charge on any atom is 0.191 e. The lowest BCUT2D eigenvalue weighted by Crippen LogP contribution is -2.24. The van der Waals surface area contributed by atoms with Crippen LogP contribution in [0.5, 0.6) is 5.75 Å². The van der Waals surface area contributed by atoms with Crippen molar-refractivity contribution in [1.82, 2.24) is 0 Å². The van der Waals surface area contributed by atoms with Gasteiger partial charge in [0, 0.05) is 0 Å². The Kier molecular flexibility index (Phi) is 2.08. The largest absolute Gasteiger partial charge is 0.508 e. The Hall–Kier alpha value is -1.36. The van der Waals surface area contributed by atoms with Crippen LogP contribution in [-0.4, -0.2) is 24.6 Å². The van der Waals surface area contributed by atoms with E-state index in [0.717, 1.165) is 0 Å². The fourth-order valence-electron chi connectivity index (χ4n) is 1.46. The molecule has 0 bridgehead atoms. The Labute approximate surface area is 87.5 Å². The van der Waals surface area contributed by atoms with Crippen LogP contribution in [0.2, 0.25) is 0 Å². The van der Waals surface area contributed by atoms with Crippen molar-refractivity contribution >= 4 is 16.1 Å². The molecular formula is C10H10O4S. The van der Waals surface area contributed by atoms with Crippen molar-refractivity contribution in [3.05, 3.63) is 24.3 Å². The SMILES string of the molecule is O=CC1(S(=O)(=O)c2cccc(O)c2)CC1. The molecule has 1 aromatic carbocycles. The van der Waals surface area contributed by atoms with Crippen LogP contribution >= 0.6 is 0 Å². The number of carbonyl (C=O) groups is 1. The van der Waals surface area contributed by atoms with E-state index in [1.807, 2.05) is 0 Å². The highest BCUT2D eigenvalue weighted by Gasteiger charge is 2.55. The van der Waals surface area contributed by atoms with E-state index in [-0.39, 0.29) is 10.6 Å². The van der Waals surface area contributed by atoms with Gasteiger partial charge in [-0.05, 0) is 31.0 Å². The number of aldehydes is 1. The van der Waals surface area contributed by atoms with Gasteiger partial charge in [0.25, 0.3) is 0 Å². The van der Waals surface area contributed by atoms with E-state index in [1.165, 1.54) is 24.3 Å². The van der Waals surface area contributed by atoms with E-state index in [2.05, 4.69) is 0 Å². The van der Waals surface area contributed by atoms with E-state index < -0.39 is 14.6 Å². The molecule has 5 heteroatoms. The Morgan fingerprint density at radius 1 is 1.33 bits per heavy atom. The highest BCUT2D eigenvalue weighted by molar-refractivity contribution is 7.93. The van der Waals surface area contributed by atoms with Crippen LogP contribution in [0.1, 0.15) is 12.8 Å². The van der Waals surface area contributed by atoms with Crippen LogP contribution in [0.4, 0.5) is 0 Å². The first-order valence-electron chi connectivity index (χ1n) is 4.52. The Bertz CT molecular complexity index is 500. The summed E-state index contributed by atoms with van der Waals surface area (Å²) in [4.78, 5) is 10.8. The zero-order valence-electron chi connectivity index (χ0n) is 7.88. The van der Waals surface area contributed by atoms with Crippen LogP contribution in [-0.2, 0) is 14.6 Å². The Morgan fingerprint density at radius 3 is 2.47 bits per heavy atom. The molecule has 4 nitrogen and oxygen atoms in total. The third kappa shape index (κ3) is 1.43. The molecule has 0 atom stereocenters. The van der Waals surface area contributed by atoms with Crippen molar-refractivity contribution in [2.24, 2.45) is 0 Å². The van der Waals surface area contributed by atoms with E-state index in [1.54, 1.807) is 0 Å². The monoisotopic (exact) mass is 226 g/mol. The third-order valence-corrected chi connectivity index (χ3v) is 5.07. The second-order valence-electron chi connectivity index (χ2n) is 3.68. The molecule has 15 heavy (non-hydrogen) atoms. The predicted octanol–water partition coefficient (Wildman–Crippen LogP) is 0.897. The molecule has 80 valence electrons. The van der Waals surface area contributed by atoms with Gasteiger partial charge in [-0.1, -0.05) is 6.07 Å². The summed E-state index contributed by atoms with van der Waals surface area (Å²) in [5.74, 6) is -0.113. The number of carbonyl (C=O) groups excluding carboxylic acids is 1. The lowest BCUT2D eigenvalue weighted by atomic mass is 10.3. The van der Waals surface area contributed by atoms with E-state index in [9.17, 15) is 18.3 Å². The van der Waals surface area contributed by atoms with Crippen molar-refractivity contribution < 1.29 is 18.3 Å². The number of benzene rings is 1. The fraction of sp³-hybridized carbons (Fsp3) is 0.300. The molecule has 0 amide bonds. The zero-order chi connectivity index (χ0) is 11.1. The van der Waals surface area contributed by atoms with Gasteiger partial charge in [0.1, 0.15) is 16.8 Å². The first-order chi connectivity index (χ1) is 7.02. The van der Waals surface area contributed by atoms with Crippen LogP contribution in [0, 0.1) is 0 Å². The van der Waals surface area contributed by atoms with Gasteiger partial charge in [0.2, 0.25) is 0 Å². The standard InChI is InChI=1S/C10H10O4S/c11-7-10(4-5-10)15(13,14)9-3-1-2-8(12)6-9/h1-3,6-7,12H,4-5H2. The second-order valence-corrected chi connectivity index (χ2v) is 5.97. The molecule has 1 aliphatic rings. The molecule has 0 aliphatic heterocycles. The molecule has 1 saturated carbocycles. The van der Waals surface area contributed by atoms with E-state index in [4.69, 9.17) is 0 Å². The highest BCUT2D eigenvalue weighted by atomic mass is 32.2. The molecule has 2 rings (SSSR count). The maximum absolute atomic E-state index is 12.0. The fourth-order valence-corrected chi connectivity index (χ4v) is 3.23. The van der Waals surface area contributed by atoms with Crippen molar-refractivity contribution in [2.45, 2.75) is 22.5 Å². The molecule has 1 aromatic rings.